The van der Waals surface area contributed by atoms with Crippen LogP contribution in [0.2, 0.25) is 0 Å². The van der Waals surface area contributed by atoms with Crippen LogP contribution in [0.15, 0.2) is 48.6 Å². The lowest BCUT2D eigenvalue weighted by molar-refractivity contribution is -0.870. The van der Waals surface area contributed by atoms with Gasteiger partial charge in [-0.3, -0.25) is 9.59 Å². The number of carboxylic acids is 1. The Hall–Kier alpha value is -2.75. The van der Waals surface area contributed by atoms with Crippen molar-refractivity contribution in [2.24, 2.45) is 0 Å². The molecule has 0 heterocycles. The van der Waals surface area contributed by atoms with Crippen LogP contribution in [0.3, 0.4) is 0 Å². The Kier molecular flexibility index (Phi) is 78.7. The second kappa shape index (κ2) is 80.9. The van der Waals surface area contributed by atoms with E-state index in [0.717, 1.165) is 64.2 Å². The molecule has 2 atom stereocenters. The number of carbonyl (C=O) groups is 3. The molecule has 0 N–H and O–H groups in total. The van der Waals surface area contributed by atoms with Crippen LogP contribution in [-0.4, -0.2) is 82.3 Å². The number of hydrogen-bond acceptors (Lipinski definition) is 8. The summed E-state index contributed by atoms with van der Waals surface area (Å²) < 4.78 is 22.9. The number of rotatable bonds is 83. The molecule has 0 aromatic rings. The maximum atomic E-state index is 13.0. The van der Waals surface area contributed by atoms with E-state index in [9.17, 15) is 19.5 Å². The second-order valence-electron chi connectivity index (χ2n) is 31.2. The SMILES string of the molecule is CC/C=C\C/C=C\C/C=C\C/C=C\CCCCCCCCCCCCCCCCCCCCCCC(=O)OC(COC(=O)CCCCCCCCCCCCCCCCCCCCCCCCCCCCCCCCCCCCCCCCCCC)COC(OCC[N+](C)(C)C)C(=O)[O-]. The third-order valence-corrected chi connectivity index (χ3v) is 20.1. The molecule has 0 saturated carbocycles. The van der Waals surface area contributed by atoms with Crippen molar-refractivity contribution in [2.45, 2.75) is 463 Å². The molecular formula is C90H169NO8. The number of carboxylic acid groups (broad SMARTS) is 1. The van der Waals surface area contributed by atoms with Crippen LogP contribution in [-0.2, 0) is 33.3 Å². The summed E-state index contributed by atoms with van der Waals surface area (Å²) in [6.07, 6.45) is 104. The number of hydrogen-bond donors (Lipinski definition) is 0. The van der Waals surface area contributed by atoms with Gasteiger partial charge >= 0.3 is 11.9 Å². The number of aliphatic carboxylic acids is 1. The van der Waals surface area contributed by atoms with E-state index in [1.807, 2.05) is 21.1 Å². The molecular weight excluding hydrogens is 1220 g/mol. The molecule has 0 spiro atoms. The van der Waals surface area contributed by atoms with E-state index in [4.69, 9.17) is 18.9 Å². The highest BCUT2D eigenvalue weighted by Gasteiger charge is 2.22. The smallest absolute Gasteiger partial charge is 0.306 e. The fraction of sp³-hybridized carbons (Fsp3) is 0.878. The fourth-order valence-corrected chi connectivity index (χ4v) is 13.5. The lowest BCUT2D eigenvalue weighted by Crippen LogP contribution is -2.44. The van der Waals surface area contributed by atoms with Crippen LogP contribution in [0.25, 0.3) is 0 Å². The lowest BCUT2D eigenvalue weighted by atomic mass is 10.0. The van der Waals surface area contributed by atoms with Crippen molar-refractivity contribution in [3.63, 3.8) is 0 Å². The van der Waals surface area contributed by atoms with E-state index in [1.54, 1.807) is 0 Å². The van der Waals surface area contributed by atoms with Crippen LogP contribution in [0, 0.1) is 0 Å². The standard InChI is InChI=1S/C90H169NO8/c1-6-8-10-12-14-16-18-20-22-24-26-28-30-32-34-36-38-40-41-42-43-44-45-46-47-49-50-52-54-56-58-60-62-64-66-68-70-72-74-76-78-80-87(92)97-84-86(85-98-90(89(94)95)96-83-82-91(3,4)5)99-88(93)81-79-77-75-73-71-69-67-65-63-61-59-57-55-53-51-48-39-37-35-33-31-29-27-25-23-21-19-17-15-13-11-9-7-2/h9,11,15,17,21,23,27,29,86,90H,6-8,10,12-14,16,18-20,22,24-26,28,30-85H2,1-5H3/b11-9-,17-15-,23-21-,29-27-. The third-order valence-electron chi connectivity index (χ3n) is 20.1. The van der Waals surface area contributed by atoms with Crippen LogP contribution in [0.1, 0.15) is 450 Å². The minimum Gasteiger partial charge on any atom is -0.545 e. The summed E-state index contributed by atoms with van der Waals surface area (Å²) in [6.45, 7) is 4.72. The van der Waals surface area contributed by atoms with Gasteiger partial charge in [-0.25, -0.2) is 0 Å². The van der Waals surface area contributed by atoms with Gasteiger partial charge in [0, 0.05) is 12.8 Å². The van der Waals surface area contributed by atoms with Gasteiger partial charge in [0.1, 0.15) is 13.2 Å². The molecule has 0 saturated heterocycles. The van der Waals surface area contributed by atoms with Gasteiger partial charge < -0.3 is 33.3 Å². The number of quaternary nitrogens is 1. The van der Waals surface area contributed by atoms with Crippen molar-refractivity contribution in [3.05, 3.63) is 48.6 Å². The molecule has 0 bridgehead atoms. The van der Waals surface area contributed by atoms with Gasteiger partial charge in [-0.1, -0.05) is 435 Å². The predicted molar refractivity (Wildman–Crippen MR) is 426 cm³/mol. The molecule has 99 heavy (non-hydrogen) atoms. The Morgan fingerprint density at radius 2 is 0.576 bits per heavy atom. The summed E-state index contributed by atoms with van der Waals surface area (Å²) in [5.41, 5.74) is 0. The van der Waals surface area contributed by atoms with Gasteiger partial charge in [0.25, 0.3) is 0 Å². The highest BCUT2D eigenvalue weighted by molar-refractivity contribution is 5.70. The van der Waals surface area contributed by atoms with E-state index < -0.39 is 24.3 Å². The highest BCUT2D eigenvalue weighted by Crippen LogP contribution is 2.21. The van der Waals surface area contributed by atoms with Gasteiger partial charge in [-0.05, 0) is 51.4 Å². The van der Waals surface area contributed by atoms with Crippen LogP contribution >= 0.6 is 0 Å². The van der Waals surface area contributed by atoms with E-state index >= 15 is 0 Å². The average Bonchev–Trinajstić information content (AvgIpc) is 1.57. The summed E-state index contributed by atoms with van der Waals surface area (Å²) >= 11 is 0. The van der Waals surface area contributed by atoms with Gasteiger partial charge in [0.05, 0.1) is 40.3 Å². The van der Waals surface area contributed by atoms with Crippen LogP contribution in [0.5, 0.6) is 0 Å². The van der Waals surface area contributed by atoms with Crippen LogP contribution < -0.4 is 5.11 Å². The number of esters is 2. The van der Waals surface area contributed by atoms with Crippen molar-refractivity contribution in [2.75, 3.05) is 47.5 Å². The maximum Gasteiger partial charge on any atom is 0.306 e. The molecule has 0 fully saturated rings. The summed E-state index contributed by atoms with van der Waals surface area (Å²) in [6, 6.07) is 0. The number of carbonyl (C=O) groups excluding carboxylic acids is 3. The van der Waals surface area contributed by atoms with Gasteiger partial charge in [0.15, 0.2) is 12.4 Å². The van der Waals surface area contributed by atoms with Gasteiger partial charge in [-0.15, -0.1) is 0 Å². The number of unbranched alkanes of at least 4 members (excludes halogenated alkanes) is 60. The normalized spacial score (nSPS) is 12.8. The van der Waals surface area contributed by atoms with Crippen molar-refractivity contribution in [1.29, 1.82) is 0 Å². The summed E-state index contributed by atoms with van der Waals surface area (Å²) in [5.74, 6) is -2.25. The van der Waals surface area contributed by atoms with Gasteiger partial charge in [-0.2, -0.15) is 0 Å². The van der Waals surface area contributed by atoms with Crippen molar-refractivity contribution < 1.29 is 42.9 Å². The number of nitrogens with zero attached hydrogens (tertiary/aromatic N) is 1. The summed E-state index contributed by atoms with van der Waals surface area (Å²) in [5, 5.41) is 11.9. The monoisotopic (exact) mass is 1390 g/mol. The molecule has 0 rings (SSSR count). The Balaban J connectivity index is 3.89. The topological polar surface area (TPSA) is 111 Å². The van der Waals surface area contributed by atoms with Crippen LogP contribution in [0.4, 0.5) is 0 Å². The molecule has 0 amide bonds. The molecule has 0 aliphatic heterocycles. The zero-order chi connectivity index (χ0) is 71.8. The Bertz CT molecular complexity index is 1770. The first-order valence-corrected chi connectivity index (χ1v) is 43.8. The van der Waals surface area contributed by atoms with E-state index in [-0.39, 0.29) is 32.2 Å². The largest absolute Gasteiger partial charge is 0.545 e. The van der Waals surface area contributed by atoms with E-state index in [1.165, 1.54) is 360 Å². The molecule has 0 aliphatic rings. The fourth-order valence-electron chi connectivity index (χ4n) is 13.5. The van der Waals surface area contributed by atoms with Crippen molar-refractivity contribution >= 4 is 17.9 Å². The molecule has 9 nitrogen and oxygen atoms in total. The Labute approximate surface area is 616 Å². The maximum absolute atomic E-state index is 13.0. The molecule has 0 aliphatic carbocycles. The predicted octanol–water partition coefficient (Wildman–Crippen LogP) is 27.0. The summed E-state index contributed by atoms with van der Waals surface area (Å²) in [7, 11) is 5.96. The number of ether oxygens (including phenoxy) is 4. The first kappa shape index (κ1) is 96.2. The Morgan fingerprint density at radius 3 is 0.859 bits per heavy atom. The number of likely N-dealkylation sites (N-methyl/N-ethyl adjacent to an activating group) is 1. The highest BCUT2D eigenvalue weighted by atomic mass is 16.7. The minimum atomic E-state index is -1.62. The number of allylic oxidation sites excluding steroid dienone is 8. The van der Waals surface area contributed by atoms with E-state index in [2.05, 4.69) is 62.5 Å². The first-order valence-electron chi connectivity index (χ1n) is 43.8. The molecule has 0 aromatic heterocycles. The molecule has 2 unspecified atom stereocenters. The zero-order valence-corrected chi connectivity index (χ0v) is 66.9. The minimum absolute atomic E-state index is 0.151. The molecule has 0 radical (unpaired) electrons. The first-order chi connectivity index (χ1) is 48.6. The zero-order valence-electron chi connectivity index (χ0n) is 66.9. The third kappa shape index (κ3) is 82.4. The average molecular weight is 1390 g/mol. The van der Waals surface area contributed by atoms with E-state index in [0.29, 0.717) is 17.4 Å². The summed E-state index contributed by atoms with van der Waals surface area (Å²) in [4.78, 5) is 37.7. The quantitative estimate of drug-likeness (QED) is 0.0195. The lowest BCUT2D eigenvalue weighted by Gasteiger charge is -2.26. The molecule has 0 aromatic carbocycles. The Morgan fingerprint density at radius 1 is 0.313 bits per heavy atom. The second-order valence-corrected chi connectivity index (χ2v) is 31.2. The van der Waals surface area contributed by atoms with Gasteiger partial charge in [0.2, 0.25) is 0 Å². The van der Waals surface area contributed by atoms with Crippen molar-refractivity contribution in [1.82, 2.24) is 0 Å². The van der Waals surface area contributed by atoms with Crippen molar-refractivity contribution in [3.8, 4) is 0 Å². The molecule has 9 heteroatoms. The molecule has 582 valence electrons.